The number of piperidine rings is 1. The predicted molar refractivity (Wildman–Crippen MR) is 88.1 cm³/mol. The minimum Gasteiger partial charge on any atom is -0.468 e. The number of hydrogen-bond donors (Lipinski definition) is 2. The number of urea groups is 1. The number of rotatable bonds is 5. The molecule has 0 spiro atoms. The van der Waals surface area contributed by atoms with Crippen molar-refractivity contribution in [3.8, 4) is 0 Å². The number of nitrogens with zero attached hydrogens (tertiary/aromatic N) is 2. The lowest BCUT2D eigenvalue weighted by atomic mass is 10.1. The number of aromatic nitrogens is 1. The van der Waals surface area contributed by atoms with Crippen molar-refractivity contribution in [2.24, 2.45) is 0 Å². The van der Waals surface area contributed by atoms with E-state index in [4.69, 9.17) is 4.42 Å². The topological polar surface area (TPSA) is 70.4 Å². The van der Waals surface area contributed by atoms with Gasteiger partial charge in [0.15, 0.2) is 0 Å². The number of amides is 2. The number of carbonyl (C=O) groups is 1. The molecule has 23 heavy (non-hydrogen) atoms. The number of furan rings is 1. The number of hydrogen-bond acceptors (Lipinski definition) is 4. The Kier molecular flexibility index (Phi) is 5.26. The van der Waals surface area contributed by atoms with Gasteiger partial charge in [-0.3, -0.25) is 9.88 Å². The monoisotopic (exact) mass is 314 g/mol. The largest absolute Gasteiger partial charge is 0.468 e. The van der Waals surface area contributed by atoms with Crippen molar-refractivity contribution in [3.05, 3.63) is 48.7 Å². The molecule has 3 rings (SSSR count). The van der Waals surface area contributed by atoms with Crippen LogP contribution in [0.4, 0.5) is 10.5 Å². The minimum absolute atomic E-state index is 0.0773. The SMILES string of the molecule is O=C(NC[C@H](c1ccco1)N1CCCCC1)Nc1ccncc1. The van der Waals surface area contributed by atoms with E-state index in [9.17, 15) is 4.79 Å². The number of carbonyl (C=O) groups excluding carboxylic acids is 1. The van der Waals surface area contributed by atoms with Crippen molar-refractivity contribution < 1.29 is 9.21 Å². The Bertz CT molecular complexity index is 594. The first kappa shape index (κ1) is 15.6. The molecule has 1 aliphatic rings. The number of nitrogens with one attached hydrogen (secondary N) is 2. The van der Waals surface area contributed by atoms with Gasteiger partial charge in [-0.1, -0.05) is 6.42 Å². The quantitative estimate of drug-likeness (QED) is 0.890. The lowest BCUT2D eigenvalue weighted by Gasteiger charge is -2.33. The summed E-state index contributed by atoms with van der Waals surface area (Å²) < 4.78 is 5.58. The van der Waals surface area contributed by atoms with E-state index in [1.54, 1.807) is 30.8 Å². The van der Waals surface area contributed by atoms with Gasteiger partial charge in [0.1, 0.15) is 5.76 Å². The van der Waals surface area contributed by atoms with Crippen molar-refractivity contribution in [1.29, 1.82) is 0 Å². The molecule has 0 aromatic carbocycles. The van der Waals surface area contributed by atoms with E-state index in [-0.39, 0.29) is 12.1 Å². The highest BCUT2D eigenvalue weighted by molar-refractivity contribution is 5.89. The van der Waals surface area contributed by atoms with Crippen molar-refractivity contribution in [3.63, 3.8) is 0 Å². The van der Waals surface area contributed by atoms with E-state index in [1.165, 1.54) is 19.3 Å². The molecule has 1 saturated heterocycles. The van der Waals surface area contributed by atoms with Crippen LogP contribution >= 0.6 is 0 Å². The van der Waals surface area contributed by atoms with E-state index in [0.717, 1.165) is 24.5 Å². The average molecular weight is 314 g/mol. The number of likely N-dealkylation sites (tertiary alicyclic amines) is 1. The van der Waals surface area contributed by atoms with Crippen LogP contribution in [0, 0.1) is 0 Å². The summed E-state index contributed by atoms with van der Waals surface area (Å²) in [6, 6.07) is 7.24. The number of pyridine rings is 1. The number of anilines is 1. The molecule has 0 radical (unpaired) electrons. The maximum atomic E-state index is 12.1. The zero-order chi connectivity index (χ0) is 15.9. The first-order chi connectivity index (χ1) is 11.3. The van der Waals surface area contributed by atoms with Crippen molar-refractivity contribution >= 4 is 11.7 Å². The molecule has 2 amide bonds. The summed E-state index contributed by atoms with van der Waals surface area (Å²) >= 11 is 0. The molecule has 0 aliphatic carbocycles. The maximum absolute atomic E-state index is 12.1. The molecule has 0 bridgehead atoms. The summed E-state index contributed by atoms with van der Waals surface area (Å²) in [5.41, 5.74) is 0.727. The Hall–Kier alpha value is -2.34. The molecule has 3 heterocycles. The maximum Gasteiger partial charge on any atom is 0.319 e. The lowest BCUT2D eigenvalue weighted by molar-refractivity contribution is 0.144. The van der Waals surface area contributed by atoms with E-state index in [0.29, 0.717) is 6.54 Å². The standard InChI is InChI=1S/C17H22N4O2/c22-17(20-14-6-8-18-9-7-14)19-13-15(16-5-4-12-23-16)21-10-2-1-3-11-21/h4-9,12,15H,1-3,10-11,13H2,(H2,18,19,20,22)/t15-/m1/s1. The molecule has 0 saturated carbocycles. The normalized spacial score (nSPS) is 16.7. The second-order valence-corrected chi connectivity index (χ2v) is 5.70. The molecule has 1 aliphatic heterocycles. The molecule has 0 unspecified atom stereocenters. The van der Waals surface area contributed by atoms with Crippen molar-refractivity contribution in [2.45, 2.75) is 25.3 Å². The van der Waals surface area contributed by atoms with Gasteiger partial charge in [-0.15, -0.1) is 0 Å². The molecule has 1 fully saturated rings. The van der Waals surface area contributed by atoms with Crippen LogP contribution in [-0.4, -0.2) is 35.5 Å². The van der Waals surface area contributed by atoms with Gasteiger partial charge in [-0.2, -0.15) is 0 Å². The Morgan fingerprint density at radius 1 is 1.22 bits per heavy atom. The summed E-state index contributed by atoms with van der Waals surface area (Å²) in [5, 5.41) is 5.75. The molecule has 2 aromatic heterocycles. The zero-order valence-corrected chi connectivity index (χ0v) is 13.1. The summed E-state index contributed by atoms with van der Waals surface area (Å²) in [6.45, 7) is 2.60. The van der Waals surface area contributed by atoms with Gasteiger partial charge in [0.05, 0.1) is 12.3 Å². The van der Waals surface area contributed by atoms with Crippen LogP contribution in [0.3, 0.4) is 0 Å². The Morgan fingerprint density at radius 2 is 2.00 bits per heavy atom. The fourth-order valence-electron chi connectivity index (χ4n) is 2.92. The van der Waals surface area contributed by atoms with Gasteiger partial charge in [-0.05, 0) is 50.2 Å². The molecule has 2 N–H and O–H groups in total. The van der Waals surface area contributed by atoms with E-state index in [2.05, 4.69) is 20.5 Å². The molecule has 6 heteroatoms. The highest BCUT2D eigenvalue weighted by Gasteiger charge is 2.24. The van der Waals surface area contributed by atoms with Crippen LogP contribution < -0.4 is 10.6 Å². The first-order valence-electron chi connectivity index (χ1n) is 8.05. The van der Waals surface area contributed by atoms with Gasteiger partial charge in [0.25, 0.3) is 0 Å². The van der Waals surface area contributed by atoms with E-state index >= 15 is 0 Å². The van der Waals surface area contributed by atoms with Gasteiger partial charge >= 0.3 is 6.03 Å². The average Bonchev–Trinajstić information content (AvgIpc) is 3.11. The summed E-state index contributed by atoms with van der Waals surface area (Å²) in [7, 11) is 0. The summed E-state index contributed by atoms with van der Waals surface area (Å²) in [4.78, 5) is 18.4. The van der Waals surface area contributed by atoms with E-state index in [1.807, 2.05) is 12.1 Å². The van der Waals surface area contributed by atoms with E-state index < -0.39 is 0 Å². The van der Waals surface area contributed by atoms with Gasteiger partial charge in [0.2, 0.25) is 0 Å². The second kappa shape index (κ2) is 7.78. The highest BCUT2D eigenvalue weighted by Crippen LogP contribution is 2.24. The third-order valence-electron chi connectivity index (χ3n) is 4.10. The predicted octanol–water partition coefficient (Wildman–Crippen LogP) is 3.02. The second-order valence-electron chi connectivity index (χ2n) is 5.70. The molecular weight excluding hydrogens is 292 g/mol. The van der Waals surface area contributed by atoms with Gasteiger partial charge in [-0.25, -0.2) is 4.79 Å². The van der Waals surface area contributed by atoms with Crippen LogP contribution in [0.5, 0.6) is 0 Å². The lowest BCUT2D eigenvalue weighted by Crippen LogP contribution is -2.41. The summed E-state index contributed by atoms with van der Waals surface area (Å²) in [6.07, 6.45) is 8.64. The van der Waals surface area contributed by atoms with Crippen molar-refractivity contribution in [1.82, 2.24) is 15.2 Å². The van der Waals surface area contributed by atoms with Crippen LogP contribution in [0.2, 0.25) is 0 Å². The fraction of sp³-hybridized carbons (Fsp3) is 0.412. The Balaban J connectivity index is 1.59. The first-order valence-corrected chi connectivity index (χ1v) is 8.05. The smallest absolute Gasteiger partial charge is 0.319 e. The summed E-state index contributed by atoms with van der Waals surface area (Å²) in [5.74, 6) is 0.899. The van der Waals surface area contributed by atoms with Gasteiger partial charge in [0, 0.05) is 24.6 Å². The minimum atomic E-state index is -0.218. The van der Waals surface area contributed by atoms with Crippen LogP contribution in [0.25, 0.3) is 0 Å². The molecule has 1 atom stereocenters. The molecule has 122 valence electrons. The Labute approximate surface area is 135 Å². The highest BCUT2D eigenvalue weighted by atomic mass is 16.3. The third-order valence-corrected chi connectivity index (χ3v) is 4.10. The zero-order valence-electron chi connectivity index (χ0n) is 13.1. The van der Waals surface area contributed by atoms with Gasteiger partial charge < -0.3 is 15.1 Å². The van der Waals surface area contributed by atoms with Crippen LogP contribution in [0.15, 0.2) is 47.3 Å². The van der Waals surface area contributed by atoms with Crippen molar-refractivity contribution in [2.75, 3.05) is 25.0 Å². The van der Waals surface area contributed by atoms with Crippen LogP contribution in [0.1, 0.15) is 31.1 Å². The fourth-order valence-corrected chi connectivity index (χ4v) is 2.92. The molecule has 2 aromatic rings. The Morgan fingerprint density at radius 3 is 2.70 bits per heavy atom. The van der Waals surface area contributed by atoms with Crippen LogP contribution in [-0.2, 0) is 0 Å². The third kappa shape index (κ3) is 4.32. The molecule has 6 nitrogen and oxygen atoms in total. The molecular formula is C17H22N4O2.